The number of rotatable bonds is 8. The number of para-hydroxylation sites is 1. The largest absolute Gasteiger partial charge is 0.451 e. The van der Waals surface area contributed by atoms with Crippen LogP contribution in [0.15, 0.2) is 60.7 Å². The summed E-state index contributed by atoms with van der Waals surface area (Å²) in [4.78, 5) is 27.0. The number of nitriles is 1. The highest BCUT2D eigenvalue weighted by molar-refractivity contribution is 6.15. The van der Waals surface area contributed by atoms with Gasteiger partial charge >= 0.3 is 5.97 Å². The molecular weight excluding hydrogens is 396 g/mol. The molecule has 0 bridgehead atoms. The first-order valence-corrected chi connectivity index (χ1v) is 9.51. The molecule has 0 unspecified atom stereocenters. The molecule has 0 aliphatic rings. The molecule has 0 atom stereocenters. The maximum Gasteiger partial charge on any atom is 0.357 e. The number of benzene rings is 2. The van der Waals surface area contributed by atoms with Gasteiger partial charge in [0.25, 0.3) is 5.91 Å². The number of aryl methyl sites for hydroxylation is 1. The van der Waals surface area contributed by atoms with Crippen molar-refractivity contribution in [2.24, 2.45) is 0 Å². The summed E-state index contributed by atoms with van der Waals surface area (Å²) in [6, 6.07) is 20.1. The van der Waals surface area contributed by atoms with Gasteiger partial charge < -0.3 is 9.64 Å². The van der Waals surface area contributed by atoms with Crippen LogP contribution >= 0.6 is 0 Å². The Bertz CT molecular complexity index is 1100. The monoisotopic (exact) mass is 416 g/mol. The lowest BCUT2D eigenvalue weighted by atomic mass is 10.2. The van der Waals surface area contributed by atoms with Crippen LogP contribution in [0.3, 0.4) is 0 Å². The Labute approximate surface area is 179 Å². The number of esters is 1. The Morgan fingerprint density at radius 3 is 2.42 bits per heavy atom. The van der Waals surface area contributed by atoms with Crippen LogP contribution in [-0.2, 0) is 14.3 Å². The Hall–Kier alpha value is -4.32. The molecule has 0 saturated carbocycles. The number of aromatic nitrogens is 4. The summed E-state index contributed by atoms with van der Waals surface area (Å²) in [5.74, 6) is -0.798. The molecular formula is C22H20N6O3. The summed E-state index contributed by atoms with van der Waals surface area (Å²) in [6.07, 6.45) is 1.73. The summed E-state index contributed by atoms with van der Waals surface area (Å²) in [5, 5.41) is 20.1. The van der Waals surface area contributed by atoms with Gasteiger partial charge in [0.2, 0.25) is 0 Å². The second-order valence-electron chi connectivity index (χ2n) is 6.44. The smallest absolute Gasteiger partial charge is 0.357 e. The predicted octanol–water partition coefficient (Wildman–Crippen LogP) is 2.47. The number of carbonyl (C=O) groups excluding carboxylic acids is 2. The minimum Gasteiger partial charge on any atom is -0.451 e. The second kappa shape index (κ2) is 10.5. The molecule has 1 amide bonds. The Balaban J connectivity index is 1.78. The van der Waals surface area contributed by atoms with E-state index < -0.39 is 18.5 Å². The average Bonchev–Trinajstić information content (AvgIpc) is 3.23. The van der Waals surface area contributed by atoms with Crippen molar-refractivity contribution >= 4 is 29.3 Å². The molecule has 1 heterocycles. The summed E-state index contributed by atoms with van der Waals surface area (Å²) >= 11 is 0. The Morgan fingerprint density at radius 1 is 1.13 bits per heavy atom. The zero-order chi connectivity index (χ0) is 22.1. The van der Waals surface area contributed by atoms with E-state index in [1.54, 1.807) is 37.3 Å². The SMILES string of the molecule is Cc1nnnn1/C(=C\c1ccccc1)C(=O)OCC(=O)N(CCC#N)c1ccccc1. The van der Waals surface area contributed by atoms with Crippen molar-refractivity contribution in [3.63, 3.8) is 0 Å². The van der Waals surface area contributed by atoms with Gasteiger partial charge in [0.15, 0.2) is 18.1 Å². The van der Waals surface area contributed by atoms with Crippen molar-refractivity contribution in [2.45, 2.75) is 13.3 Å². The lowest BCUT2D eigenvalue weighted by molar-refractivity contribution is -0.142. The minimum absolute atomic E-state index is 0.0739. The molecule has 3 rings (SSSR count). The Kier molecular flexibility index (Phi) is 7.21. The van der Waals surface area contributed by atoms with Crippen LogP contribution in [0.2, 0.25) is 0 Å². The number of amides is 1. The molecule has 0 radical (unpaired) electrons. The highest BCUT2D eigenvalue weighted by Crippen LogP contribution is 2.16. The third-order valence-corrected chi connectivity index (χ3v) is 4.31. The summed E-state index contributed by atoms with van der Waals surface area (Å²) in [6.45, 7) is 1.35. The molecule has 156 valence electrons. The van der Waals surface area contributed by atoms with E-state index in [1.165, 1.54) is 9.58 Å². The molecule has 0 spiro atoms. The quantitative estimate of drug-likeness (QED) is 0.409. The van der Waals surface area contributed by atoms with Crippen LogP contribution in [0.1, 0.15) is 17.8 Å². The van der Waals surface area contributed by atoms with E-state index in [1.807, 2.05) is 42.5 Å². The van der Waals surface area contributed by atoms with Gasteiger partial charge in [0, 0.05) is 12.2 Å². The maximum atomic E-state index is 12.8. The van der Waals surface area contributed by atoms with E-state index in [0.29, 0.717) is 11.5 Å². The van der Waals surface area contributed by atoms with Gasteiger partial charge in [0.1, 0.15) is 0 Å². The lowest BCUT2D eigenvalue weighted by Crippen LogP contribution is -2.35. The van der Waals surface area contributed by atoms with Crippen LogP contribution < -0.4 is 4.90 Å². The molecule has 1 aromatic heterocycles. The highest BCUT2D eigenvalue weighted by Gasteiger charge is 2.21. The van der Waals surface area contributed by atoms with Crippen molar-refractivity contribution in [1.82, 2.24) is 20.2 Å². The first kappa shape index (κ1) is 21.4. The standard InChI is InChI=1S/C22H20N6O3/c1-17-24-25-26-28(17)20(15-18-9-4-2-5-10-18)22(30)31-16-21(29)27(14-8-13-23)19-11-6-3-7-12-19/h2-7,9-12,15H,8,14,16H2,1H3/b20-15-. The van der Waals surface area contributed by atoms with Crippen molar-refractivity contribution in [3.8, 4) is 6.07 Å². The molecule has 0 aliphatic heterocycles. The summed E-state index contributed by atoms with van der Waals surface area (Å²) in [5.41, 5.74) is 1.44. The van der Waals surface area contributed by atoms with Gasteiger partial charge in [-0.2, -0.15) is 9.94 Å². The number of ether oxygens (including phenoxy) is 1. The molecule has 0 aliphatic carbocycles. The fourth-order valence-corrected chi connectivity index (χ4v) is 2.81. The van der Waals surface area contributed by atoms with Gasteiger partial charge in [-0.1, -0.05) is 48.5 Å². The van der Waals surface area contributed by atoms with Crippen molar-refractivity contribution < 1.29 is 14.3 Å². The lowest BCUT2D eigenvalue weighted by Gasteiger charge is -2.21. The number of tetrazole rings is 1. The van der Waals surface area contributed by atoms with Crippen molar-refractivity contribution in [3.05, 3.63) is 72.1 Å². The third kappa shape index (κ3) is 5.61. The van der Waals surface area contributed by atoms with Crippen molar-refractivity contribution in [2.75, 3.05) is 18.1 Å². The van der Waals surface area contributed by atoms with Crippen LogP contribution in [0.25, 0.3) is 11.8 Å². The van der Waals surface area contributed by atoms with Gasteiger partial charge in [-0.15, -0.1) is 5.10 Å². The number of carbonyl (C=O) groups is 2. The average molecular weight is 416 g/mol. The molecule has 3 aromatic rings. The van der Waals surface area contributed by atoms with E-state index >= 15 is 0 Å². The van der Waals surface area contributed by atoms with Gasteiger partial charge in [-0.05, 0) is 41.1 Å². The van der Waals surface area contributed by atoms with Crippen LogP contribution in [-0.4, -0.2) is 45.2 Å². The summed E-state index contributed by atoms with van der Waals surface area (Å²) < 4.78 is 6.56. The number of anilines is 1. The van der Waals surface area contributed by atoms with Crippen LogP contribution in [0.5, 0.6) is 0 Å². The fraction of sp³-hybridized carbons (Fsp3) is 0.182. The third-order valence-electron chi connectivity index (χ3n) is 4.31. The molecule has 31 heavy (non-hydrogen) atoms. The predicted molar refractivity (Wildman–Crippen MR) is 113 cm³/mol. The molecule has 9 nitrogen and oxygen atoms in total. The van der Waals surface area contributed by atoms with E-state index in [9.17, 15) is 9.59 Å². The zero-order valence-electron chi connectivity index (χ0n) is 16.9. The van der Waals surface area contributed by atoms with E-state index in [4.69, 9.17) is 10.00 Å². The van der Waals surface area contributed by atoms with Crippen LogP contribution in [0, 0.1) is 18.3 Å². The first-order chi connectivity index (χ1) is 15.1. The Morgan fingerprint density at radius 2 is 1.81 bits per heavy atom. The maximum absolute atomic E-state index is 12.8. The molecule has 0 saturated heterocycles. The minimum atomic E-state index is -0.749. The fourth-order valence-electron chi connectivity index (χ4n) is 2.81. The molecule has 9 heteroatoms. The van der Waals surface area contributed by atoms with Gasteiger partial charge in [0.05, 0.1) is 12.5 Å². The molecule has 2 aromatic carbocycles. The van der Waals surface area contributed by atoms with Gasteiger partial charge in [-0.25, -0.2) is 4.79 Å². The zero-order valence-corrected chi connectivity index (χ0v) is 16.9. The number of hydrogen-bond donors (Lipinski definition) is 0. The first-order valence-electron chi connectivity index (χ1n) is 9.51. The topological polar surface area (TPSA) is 114 Å². The van der Waals surface area contributed by atoms with Gasteiger partial charge in [-0.3, -0.25) is 4.79 Å². The van der Waals surface area contributed by atoms with E-state index in [0.717, 1.165) is 5.56 Å². The number of hydrogen-bond acceptors (Lipinski definition) is 7. The second-order valence-corrected chi connectivity index (χ2v) is 6.44. The highest BCUT2D eigenvalue weighted by atomic mass is 16.5. The van der Waals surface area contributed by atoms with E-state index in [-0.39, 0.29) is 18.7 Å². The summed E-state index contributed by atoms with van der Waals surface area (Å²) in [7, 11) is 0. The molecule has 0 fully saturated rings. The normalized spacial score (nSPS) is 10.9. The van der Waals surface area contributed by atoms with Crippen LogP contribution in [0.4, 0.5) is 5.69 Å². The number of nitrogens with zero attached hydrogens (tertiary/aromatic N) is 6. The molecule has 0 N–H and O–H groups in total. The van der Waals surface area contributed by atoms with Crippen molar-refractivity contribution in [1.29, 1.82) is 5.26 Å². The van der Waals surface area contributed by atoms with E-state index in [2.05, 4.69) is 15.5 Å².